The van der Waals surface area contributed by atoms with Crippen molar-refractivity contribution in [3.8, 4) is 11.5 Å². The first-order chi connectivity index (χ1) is 13.8. The number of benzene rings is 2. The quantitative estimate of drug-likeness (QED) is 0.287. The van der Waals surface area contributed by atoms with Crippen LogP contribution >= 0.6 is 45.8 Å². The highest BCUT2D eigenvalue weighted by molar-refractivity contribution is 14.1. The Morgan fingerprint density at radius 2 is 2.03 bits per heavy atom. The van der Waals surface area contributed by atoms with E-state index in [4.69, 9.17) is 33.7 Å². The molecular weight excluding hydrogens is 533 g/mol. The van der Waals surface area contributed by atoms with Crippen molar-refractivity contribution < 1.29 is 13.9 Å². The van der Waals surface area contributed by atoms with E-state index in [1.54, 1.807) is 30.3 Å². The molecule has 3 aromatic rings. The lowest BCUT2D eigenvalue weighted by Gasteiger charge is -2.15. The number of aromatic nitrogens is 2. The van der Waals surface area contributed by atoms with E-state index in [1.165, 1.54) is 0 Å². The maximum absolute atomic E-state index is 15.2. The van der Waals surface area contributed by atoms with Gasteiger partial charge < -0.3 is 20.8 Å². The molecule has 0 spiro atoms. The molecule has 152 valence electrons. The first-order valence-corrected chi connectivity index (χ1v) is 10.3. The standard InChI is InChI=1S/C19H16Cl2FIN4O2/c1-2-9-3-4-10(8-25-18(28)15-17(21)27-19(23)26-15)14(22)16(9)29-13-6-11(20)5-12(24)7-13/h3-7H,2,8,24H2,1H3,(H,25,28)(H,26,27). The van der Waals surface area contributed by atoms with Crippen LogP contribution in [0.3, 0.4) is 0 Å². The van der Waals surface area contributed by atoms with Crippen LogP contribution in [0.4, 0.5) is 10.1 Å². The van der Waals surface area contributed by atoms with Crippen molar-refractivity contribution in [2.24, 2.45) is 0 Å². The topological polar surface area (TPSA) is 93.0 Å². The molecule has 0 atom stereocenters. The lowest BCUT2D eigenvalue weighted by molar-refractivity contribution is 0.0946. The molecule has 2 aromatic carbocycles. The molecule has 0 aliphatic rings. The molecule has 4 N–H and O–H groups in total. The molecule has 0 saturated heterocycles. The summed E-state index contributed by atoms with van der Waals surface area (Å²) in [5.41, 5.74) is 7.15. The van der Waals surface area contributed by atoms with Gasteiger partial charge in [-0.15, -0.1) is 0 Å². The number of nitrogen functional groups attached to an aromatic ring is 1. The Kier molecular flexibility index (Phi) is 6.86. The number of hydrogen-bond acceptors (Lipinski definition) is 4. The van der Waals surface area contributed by atoms with Crippen molar-refractivity contribution in [1.82, 2.24) is 15.3 Å². The van der Waals surface area contributed by atoms with Gasteiger partial charge in [0.1, 0.15) is 10.9 Å². The van der Waals surface area contributed by atoms with E-state index in [1.807, 2.05) is 29.5 Å². The number of nitrogens with zero attached hydrogens (tertiary/aromatic N) is 1. The highest BCUT2D eigenvalue weighted by Gasteiger charge is 2.19. The van der Waals surface area contributed by atoms with Gasteiger partial charge >= 0.3 is 0 Å². The average molecular weight is 549 g/mol. The monoisotopic (exact) mass is 548 g/mol. The second kappa shape index (κ2) is 9.19. The number of carbonyl (C=O) groups excluding carboxylic acids is 1. The van der Waals surface area contributed by atoms with Crippen molar-refractivity contribution in [1.29, 1.82) is 0 Å². The fraction of sp³-hybridized carbons (Fsp3) is 0.158. The van der Waals surface area contributed by atoms with Gasteiger partial charge in [0, 0.05) is 28.9 Å². The zero-order valence-corrected chi connectivity index (χ0v) is 18.8. The number of amides is 1. The molecule has 3 rings (SSSR count). The van der Waals surface area contributed by atoms with Crippen LogP contribution in [0.2, 0.25) is 10.2 Å². The van der Waals surface area contributed by atoms with Gasteiger partial charge in [-0.1, -0.05) is 42.3 Å². The fourth-order valence-electron chi connectivity index (χ4n) is 2.66. The van der Waals surface area contributed by atoms with Crippen molar-refractivity contribution >= 4 is 57.4 Å². The Morgan fingerprint density at radius 1 is 1.31 bits per heavy atom. The van der Waals surface area contributed by atoms with Gasteiger partial charge in [0.2, 0.25) is 0 Å². The average Bonchev–Trinajstić information content (AvgIpc) is 2.99. The van der Waals surface area contributed by atoms with E-state index in [0.29, 0.717) is 32.3 Å². The predicted molar refractivity (Wildman–Crippen MR) is 119 cm³/mol. The summed E-state index contributed by atoms with van der Waals surface area (Å²) in [7, 11) is 0. The number of halogens is 4. The van der Waals surface area contributed by atoms with Crippen molar-refractivity contribution in [3.63, 3.8) is 0 Å². The van der Waals surface area contributed by atoms with E-state index in [0.717, 1.165) is 0 Å². The van der Waals surface area contributed by atoms with Crippen molar-refractivity contribution in [2.75, 3.05) is 5.73 Å². The summed E-state index contributed by atoms with van der Waals surface area (Å²) in [6.07, 6.45) is 0.552. The number of ether oxygens (including phenoxy) is 1. The van der Waals surface area contributed by atoms with Crippen LogP contribution in [-0.4, -0.2) is 15.9 Å². The molecule has 0 fully saturated rings. The summed E-state index contributed by atoms with van der Waals surface area (Å²) in [5, 5.41) is 3.11. The molecule has 29 heavy (non-hydrogen) atoms. The van der Waals surface area contributed by atoms with Gasteiger partial charge in [0.05, 0.1) is 0 Å². The third-order valence-corrected chi connectivity index (χ3v) is 5.04. The molecule has 0 aliphatic heterocycles. The second-order valence-electron chi connectivity index (χ2n) is 6.08. The number of nitrogens with two attached hydrogens (primary N) is 1. The van der Waals surface area contributed by atoms with Crippen LogP contribution in [0.1, 0.15) is 28.5 Å². The molecule has 1 amide bonds. The molecule has 1 aromatic heterocycles. The molecule has 0 aliphatic carbocycles. The smallest absolute Gasteiger partial charge is 0.273 e. The number of carbonyl (C=O) groups is 1. The van der Waals surface area contributed by atoms with Crippen molar-refractivity contribution in [2.45, 2.75) is 19.9 Å². The molecular formula is C19H16Cl2FIN4O2. The normalized spacial score (nSPS) is 10.8. The fourth-order valence-corrected chi connectivity index (χ4v) is 3.78. The van der Waals surface area contributed by atoms with Crippen molar-refractivity contribution in [3.05, 3.63) is 67.0 Å². The third-order valence-electron chi connectivity index (χ3n) is 4.04. The van der Waals surface area contributed by atoms with Gasteiger partial charge in [0.25, 0.3) is 5.91 Å². The van der Waals surface area contributed by atoms with E-state index in [2.05, 4.69) is 15.3 Å². The van der Waals surface area contributed by atoms with Crippen LogP contribution in [-0.2, 0) is 13.0 Å². The lowest BCUT2D eigenvalue weighted by Crippen LogP contribution is -2.24. The zero-order valence-electron chi connectivity index (χ0n) is 15.2. The number of anilines is 1. The molecule has 1 heterocycles. The number of rotatable bonds is 6. The summed E-state index contributed by atoms with van der Waals surface area (Å²) in [6, 6.07) is 8.02. The minimum atomic E-state index is -0.578. The molecule has 0 unspecified atom stereocenters. The maximum Gasteiger partial charge on any atom is 0.273 e. The largest absolute Gasteiger partial charge is 0.454 e. The van der Waals surface area contributed by atoms with Gasteiger partial charge in [-0.2, -0.15) is 0 Å². The first-order valence-electron chi connectivity index (χ1n) is 8.51. The second-order valence-corrected chi connectivity index (χ2v) is 7.91. The number of aromatic amines is 1. The minimum Gasteiger partial charge on any atom is -0.454 e. The Bertz CT molecular complexity index is 1050. The van der Waals surface area contributed by atoms with E-state index < -0.39 is 11.7 Å². The van der Waals surface area contributed by atoms with Gasteiger partial charge in [-0.05, 0) is 46.7 Å². The Hall–Kier alpha value is -2.04. The Labute approximate surface area is 190 Å². The summed E-state index contributed by atoms with van der Waals surface area (Å²) >= 11 is 13.8. The number of aryl methyl sites for hydroxylation is 1. The summed E-state index contributed by atoms with van der Waals surface area (Å²) < 4.78 is 21.4. The van der Waals surface area contributed by atoms with E-state index >= 15 is 4.39 Å². The number of nitrogens with one attached hydrogen (secondary N) is 2. The SMILES string of the molecule is CCc1ccc(CNC(=O)c2nc(I)[nH]c2Cl)c(F)c1Oc1cc(N)cc(Cl)c1. The van der Waals surface area contributed by atoms with Crippen LogP contribution in [0, 0.1) is 9.65 Å². The molecule has 0 saturated carbocycles. The number of imidazole rings is 1. The highest BCUT2D eigenvalue weighted by Crippen LogP contribution is 2.33. The van der Waals surface area contributed by atoms with Gasteiger partial charge in [-0.3, -0.25) is 4.79 Å². The van der Waals surface area contributed by atoms with Crippen LogP contribution in [0.15, 0.2) is 30.3 Å². The lowest BCUT2D eigenvalue weighted by atomic mass is 10.1. The zero-order chi connectivity index (χ0) is 21.1. The molecule has 10 heteroatoms. The number of H-pyrrole nitrogens is 1. The van der Waals surface area contributed by atoms with Gasteiger partial charge in [-0.25, -0.2) is 9.37 Å². The summed E-state index contributed by atoms with van der Waals surface area (Å²) in [6.45, 7) is 1.82. The third kappa shape index (κ3) is 5.12. The molecule has 0 radical (unpaired) electrons. The Balaban J connectivity index is 1.84. The first kappa shape index (κ1) is 21.7. The van der Waals surface area contributed by atoms with Gasteiger partial charge in [0.15, 0.2) is 21.1 Å². The van der Waals surface area contributed by atoms with E-state index in [9.17, 15) is 4.79 Å². The maximum atomic E-state index is 15.2. The minimum absolute atomic E-state index is 0.0486. The van der Waals surface area contributed by atoms with Crippen LogP contribution in [0.5, 0.6) is 11.5 Å². The van der Waals surface area contributed by atoms with E-state index in [-0.39, 0.29) is 28.7 Å². The predicted octanol–water partition coefficient (Wildman–Crippen LogP) is 5.33. The molecule has 0 bridgehead atoms. The highest BCUT2D eigenvalue weighted by atomic mass is 127. The molecule has 6 nitrogen and oxygen atoms in total. The van der Waals surface area contributed by atoms with Crippen LogP contribution < -0.4 is 15.8 Å². The van der Waals surface area contributed by atoms with Crippen LogP contribution in [0.25, 0.3) is 0 Å². The number of hydrogen-bond donors (Lipinski definition) is 3. The summed E-state index contributed by atoms with van der Waals surface area (Å²) in [5.74, 6) is -0.708. The Morgan fingerprint density at radius 3 is 2.66 bits per heavy atom. The summed E-state index contributed by atoms with van der Waals surface area (Å²) in [4.78, 5) is 19.0.